The molecule has 0 bridgehead atoms. The van der Waals surface area contributed by atoms with Gasteiger partial charge in [-0.25, -0.2) is 9.36 Å². The van der Waals surface area contributed by atoms with E-state index in [0.29, 0.717) is 16.6 Å². The van der Waals surface area contributed by atoms with Crippen molar-refractivity contribution in [2.24, 2.45) is 7.05 Å². The fraction of sp³-hybridized carbons (Fsp3) is 0.176. The summed E-state index contributed by atoms with van der Waals surface area (Å²) in [5.74, 6) is 0. The van der Waals surface area contributed by atoms with Crippen LogP contribution < -0.4 is 11.2 Å². The highest BCUT2D eigenvalue weighted by Gasteiger charge is 2.15. The molecule has 2 aromatic carbocycles. The summed E-state index contributed by atoms with van der Waals surface area (Å²) >= 11 is 2.17. The molecule has 0 aliphatic rings. The van der Waals surface area contributed by atoms with Crippen molar-refractivity contribution >= 4 is 33.5 Å². The minimum atomic E-state index is -0.323. The molecule has 0 unspecified atom stereocenters. The number of aromatic nitrogens is 2. The Labute approximate surface area is 141 Å². The average molecular weight is 406 g/mol. The van der Waals surface area contributed by atoms with Crippen molar-refractivity contribution in [1.82, 2.24) is 9.13 Å². The van der Waals surface area contributed by atoms with Crippen LogP contribution >= 0.6 is 22.6 Å². The van der Waals surface area contributed by atoms with Crippen LogP contribution in [0.5, 0.6) is 0 Å². The third-order valence-corrected chi connectivity index (χ3v) is 4.57. The molecular formula is C17H15IN2O2. The van der Waals surface area contributed by atoms with E-state index in [-0.39, 0.29) is 11.2 Å². The molecule has 0 saturated carbocycles. The van der Waals surface area contributed by atoms with Crippen molar-refractivity contribution in [3.05, 3.63) is 71.9 Å². The Morgan fingerprint density at radius 3 is 2.27 bits per heavy atom. The van der Waals surface area contributed by atoms with Crippen molar-refractivity contribution in [3.8, 4) is 5.69 Å². The van der Waals surface area contributed by atoms with Gasteiger partial charge < -0.3 is 0 Å². The molecule has 0 fully saturated rings. The SMILES string of the molecule is Cc1cccc(C)c1-n1c(=O)c2cc(I)ccc2n(C)c1=O. The topological polar surface area (TPSA) is 44.0 Å². The van der Waals surface area contributed by atoms with Crippen LogP contribution in [0.2, 0.25) is 0 Å². The van der Waals surface area contributed by atoms with Gasteiger partial charge in [-0.2, -0.15) is 0 Å². The molecule has 112 valence electrons. The van der Waals surface area contributed by atoms with E-state index in [1.54, 1.807) is 7.05 Å². The molecule has 1 aromatic heterocycles. The van der Waals surface area contributed by atoms with Crippen molar-refractivity contribution in [3.63, 3.8) is 0 Å². The van der Waals surface area contributed by atoms with Crippen LogP contribution in [0.1, 0.15) is 11.1 Å². The summed E-state index contributed by atoms with van der Waals surface area (Å²) in [7, 11) is 1.70. The van der Waals surface area contributed by atoms with Gasteiger partial charge in [0.25, 0.3) is 5.56 Å². The molecule has 0 atom stereocenters. The van der Waals surface area contributed by atoms with E-state index >= 15 is 0 Å². The van der Waals surface area contributed by atoms with Crippen LogP contribution in [0, 0.1) is 17.4 Å². The Bertz CT molecular complexity index is 995. The first-order chi connectivity index (χ1) is 10.4. The first-order valence-electron chi connectivity index (χ1n) is 6.89. The monoisotopic (exact) mass is 406 g/mol. The van der Waals surface area contributed by atoms with Gasteiger partial charge in [-0.15, -0.1) is 0 Å². The molecular weight excluding hydrogens is 391 g/mol. The molecule has 4 nitrogen and oxygen atoms in total. The molecule has 0 amide bonds. The lowest BCUT2D eigenvalue weighted by Gasteiger charge is -2.14. The van der Waals surface area contributed by atoms with Gasteiger partial charge in [-0.1, -0.05) is 18.2 Å². The highest BCUT2D eigenvalue weighted by molar-refractivity contribution is 14.1. The second-order valence-electron chi connectivity index (χ2n) is 5.38. The lowest BCUT2D eigenvalue weighted by molar-refractivity contribution is 0.768. The van der Waals surface area contributed by atoms with E-state index in [4.69, 9.17) is 0 Å². The lowest BCUT2D eigenvalue weighted by Crippen LogP contribution is -2.38. The van der Waals surface area contributed by atoms with E-state index in [9.17, 15) is 9.59 Å². The number of rotatable bonds is 1. The number of aryl methyl sites for hydroxylation is 3. The second kappa shape index (κ2) is 5.39. The summed E-state index contributed by atoms with van der Waals surface area (Å²) in [6, 6.07) is 11.3. The number of hydrogen-bond acceptors (Lipinski definition) is 2. The zero-order valence-electron chi connectivity index (χ0n) is 12.6. The predicted octanol–water partition coefficient (Wildman–Crippen LogP) is 2.91. The van der Waals surface area contributed by atoms with Crippen LogP contribution in [0.4, 0.5) is 0 Å². The third kappa shape index (κ3) is 2.20. The Morgan fingerprint density at radius 2 is 1.64 bits per heavy atom. The molecule has 5 heteroatoms. The molecule has 0 aliphatic heterocycles. The van der Waals surface area contributed by atoms with E-state index < -0.39 is 0 Å². The van der Waals surface area contributed by atoms with E-state index in [1.165, 1.54) is 9.13 Å². The van der Waals surface area contributed by atoms with Crippen LogP contribution in [0.25, 0.3) is 16.6 Å². The van der Waals surface area contributed by atoms with Gasteiger partial charge >= 0.3 is 5.69 Å². The zero-order valence-corrected chi connectivity index (χ0v) is 14.7. The summed E-state index contributed by atoms with van der Waals surface area (Å²) in [5.41, 5.74) is 2.55. The number of halogens is 1. The van der Waals surface area contributed by atoms with Crippen LogP contribution in [0.3, 0.4) is 0 Å². The number of benzene rings is 2. The second-order valence-corrected chi connectivity index (χ2v) is 6.63. The van der Waals surface area contributed by atoms with Gasteiger partial charge in [-0.3, -0.25) is 9.36 Å². The maximum atomic E-state index is 12.9. The Hall–Kier alpha value is -1.89. The number of fused-ring (bicyclic) bond motifs is 1. The molecule has 0 saturated heterocycles. The van der Waals surface area contributed by atoms with Crippen molar-refractivity contribution in [2.75, 3.05) is 0 Å². The Kier molecular flexibility index (Phi) is 3.68. The van der Waals surface area contributed by atoms with E-state index in [1.807, 2.05) is 50.2 Å². The summed E-state index contributed by atoms with van der Waals surface area (Å²) in [4.78, 5) is 25.6. The van der Waals surface area contributed by atoms with Gasteiger partial charge in [-0.05, 0) is 65.8 Å². The van der Waals surface area contributed by atoms with Crippen LogP contribution in [-0.2, 0) is 7.05 Å². The smallest absolute Gasteiger partial charge is 0.296 e. The first-order valence-corrected chi connectivity index (χ1v) is 7.97. The fourth-order valence-electron chi connectivity index (χ4n) is 2.79. The molecule has 22 heavy (non-hydrogen) atoms. The molecule has 0 spiro atoms. The minimum absolute atomic E-state index is 0.269. The third-order valence-electron chi connectivity index (χ3n) is 3.89. The highest BCUT2D eigenvalue weighted by atomic mass is 127. The van der Waals surface area contributed by atoms with Crippen LogP contribution in [-0.4, -0.2) is 9.13 Å². The fourth-order valence-corrected chi connectivity index (χ4v) is 3.28. The summed E-state index contributed by atoms with van der Waals surface area (Å²) < 4.78 is 3.77. The lowest BCUT2D eigenvalue weighted by atomic mass is 10.1. The van der Waals surface area contributed by atoms with E-state index in [0.717, 1.165) is 14.7 Å². The van der Waals surface area contributed by atoms with Crippen molar-refractivity contribution < 1.29 is 0 Å². The quantitative estimate of drug-likeness (QED) is 0.584. The van der Waals surface area contributed by atoms with Crippen molar-refractivity contribution in [1.29, 1.82) is 0 Å². The standard InChI is InChI=1S/C17H15IN2O2/c1-10-5-4-6-11(2)15(10)20-16(21)13-9-12(18)7-8-14(13)19(3)17(20)22/h4-9H,1-3H3. The number of para-hydroxylation sites is 1. The summed E-state index contributed by atoms with van der Waals surface area (Å²) in [6.45, 7) is 3.82. The predicted molar refractivity (Wildman–Crippen MR) is 97.0 cm³/mol. The maximum Gasteiger partial charge on any atom is 0.335 e. The zero-order chi connectivity index (χ0) is 16.0. The molecule has 0 radical (unpaired) electrons. The average Bonchev–Trinajstić information content (AvgIpc) is 2.48. The number of hydrogen-bond donors (Lipinski definition) is 0. The summed E-state index contributed by atoms with van der Waals surface area (Å²) in [6.07, 6.45) is 0. The molecule has 3 aromatic rings. The minimum Gasteiger partial charge on any atom is -0.296 e. The Balaban J connectivity index is 2.56. The molecule has 3 rings (SSSR count). The van der Waals surface area contributed by atoms with Gasteiger partial charge in [0.2, 0.25) is 0 Å². The summed E-state index contributed by atoms with van der Waals surface area (Å²) in [5, 5.41) is 0.552. The normalized spacial score (nSPS) is 11.1. The van der Waals surface area contributed by atoms with Gasteiger partial charge in [0, 0.05) is 10.6 Å². The van der Waals surface area contributed by atoms with Gasteiger partial charge in [0.15, 0.2) is 0 Å². The Morgan fingerprint density at radius 1 is 1.00 bits per heavy atom. The van der Waals surface area contributed by atoms with Gasteiger partial charge in [0.1, 0.15) is 0 Å². The molecule has 0 aliphatic carbocycles. The first kappa shape index (κ1) is 15.0. The number of nitrogens with zero attached hydrogens (tertiary/aromatic N) is 2. The molecule has 1 heterocycles. The van der Waals surface area contributed by atoms with Crippen LogP contribution in [0.15, 0.2) is 46.0 Å². The molecule has 0 N–H and O–H groups in total. The highest BCUT2D eigenvalue weighted by Crippen LogP contribution is 2.18. The van der Waals surface area contributed by atoms with Gasteiger partial charge in [0.05, 0.1) is 16.6 Å². The van der Waals surface area contributed by atoms with Crippen molar-refractivity contribution in [2.45, 2.75) is 13.8 Å². The maximum absolute atomic E-state index is 12.9. The van der Waals surface area contributed by atoms with E-state index in [2.05, 4.69) is 22.6 Å². The largest absolute Gasteiger partial charge is 0.335 e.